The molecule has 1 aliphatic heterocycles. The lowest BCUT2D eigenvalue weighted by Gasteiger charge is -2.30. The molecule has 0 amide bonds. The highest BCUT2D eigenvalue weighted by molar-refractivity contribution is 5.40. The zero-order valence-electron chi connectivity index (χ0n) is 11.6. The summed E-state index contributed by atoms with van der Waals surface area (Å²) >= 11 is 0. The van der Waals surface area contributed by atoms with Crippen LogP contribution in [0.3, 0.4) is 0 Å². The first-order valence-corrected chi connectivity index (χ1v) is 6.27. The smallest absolute Gasteiger partial charge is 0.231 e. The first-order chi connectivity index (χ1) is 9.04. The number of hydrogen-bond donors (Lipinski definition) is 2. The maximum Gasteiger partial charge on any atom is 0.231 e. The number of likely N-dealkylation sites (N-methyl/N-ethyl adjacent to an activating group) is 1. The van der Waals surface area contributed by atoms with E-state index in [0.717, 1.165) is 19.7 Å². The molecule has 0 bridgehead atoms. The van der Waals surface area contributed by atoms with Gasteiger partial charge in [-0.3, -0.25) is 0 Å². The highest BCUT2D eigenvalue weighted by Crippen LogP contribution is 2.10. The van der Waals surface area contributed by atoms with E-state index < -0.39 is 0 Å². The molecule has 1 aromatic rings. The normalized spacial score (nSPS) is 20.3. The van der Waals surface area contributed by atoms with Crippen molar-refractivity contribution in [1.29, 1.82) is 0 Å². The molecule has 2 rings (SSSR count). The molecule has 2 heterocycles. The first-order valence-electron chi connectivity index (χ1n) is 6.27. The summed E-state index contributed by atoms with van der Waals surface area (Å²) in [7, 11) is 5.80. The summed E-state index contributed by atoms with van der Waals surface area (Å²) < 4.78 is 5.66. The van der Waals surface area contributed by atoms with Crippen LogP contribution in [0.2, 0.25) is 0 Å². The summed E-state index contributed by atoms with van der Waals surface area (Å²) in [6.45, 7) is 3.28. The number of nitrogens with two attached hydrogens (primary N) is 1. The third-order valence-corrected chi connectivity index (χ3v) is 2.87. The number of anilines is 3. The van der Waals surface area contributed by atoms with Crippen molar-refractivity contribution in [1.82, 2.24) is 19.9 Å². The van der Waals surface area contributed by atoms with Gasteiger partial charge in [-0.2, -0.15) is 15.0 Å². The molecule has 8 nitrogen and oxygen atoms in total. The average Bonchev–Trinajstić information content (AvgIpc) is 2.36. The number of rotatable bonds is 4. The van der Waals surface area contributed by atoms with Crippen molar-refractivity contribution in [3.63, 3.8) is 0 Å². The van der Waals surface area contributed by atoms with Crippen LogP contribution in [0.1, 0.15) is 0 Å². The van der Waals surface area contributed by atoms with E-state index in [1.165, 1.54) is 0 Å². The summed E-state index contributed by atoms with van der Waals surface area (Å²) in [5, 5.41) is 3.15. The quantitative estimate of drug-likeness (QED) is 0.737. The molecule has 8 heteroatoms. The number of nitrogens with zero attached hydrogens (tertiary/aromatic N) is 5. The molecule has 0 aliphatic carbocycles. The van der Waals surface area contributed by atoms with Gasteiger partial charge in [-0.1, -0.05) is 0 Å². The van der Waals surface area contributed by atoms with Gasteiger partial charge in [0, 0.05) is 33.7 Å². The molecule has 106 valence electrons. The summed E-state index contributed by atoms with van der Waals surface area (Å²) in [5.41, 5.74) is 5.66. The highest BCUT2D eigenvalue weighted by atomic mass is 16.5. The Morgan fingerprint density at radius 3 is 2.89 bits per heavy atom. The van der Waals surface area contributed by atoms with Gasteiger partial charge in [0.15, 0.2) is 0 Å². The van der Waals surface area contributed by atoms with E-state index >= 15 is 0 Å². The van der Waals surface area contributed by atoms with E-state index in [2.05, 4.69) is 32.2 Å². The van der Waals surface area contributed by atoms with Crippen LogP contribution in [0.25, 0.3) is 0 Å². The fraction of sp³-hybridized carbons (Fsp3) is 0.727. The van der Waals surface area contributed by atoms with Crippen molar-refractivity contribution in [2.75, 3.05) is 63.3 Å². The second-order valence-electron chi connectivity index (χ2n) is 4.85. The van der Waals surface area contributed by atoms with Crippen LogP contribution in [-0.4, -0.2) is 73.3 Å². The Morgan fingerprint density at radius 1 is 1.42 bits per heavy atom. The fourth-order valence-corrected chi connectivity index (χ4v) is 1.86. The molecule has 1 aromatic heterocycles. The minimum absolute atomic E-state index is 0.138. The maximum atomic E-state index is 5.66. The predicted octanol–water partition coefficient (Wildman–Crippen LogP) is -0.738. The van der Waals surface area contributed by atoms with Crippen molar-refractivity contribution in [3.8, 4) is 0 Å². The summed E-state index contributed by atoms with van der Waals surface area (Å²) in [6.07, 6.45) is 0.138. The van der Waals surface area contributed by atoms with Crippen LogP contribution in [0, 0.1) is 0 Å². The molecular formula is C11H21N7O. The van der Waals surface area contributed by atoms with Gasteiger partial charge >= 0.3 is 0 Å². The second kappa shape index (κ2) is 5.98. The van der Waals surface area contributed by atoms with E-state index in [-0.39, 0.29) is 12.1 Å². The zero-order valence-corrected chi connectivity index (χ0v) is 11.6. The number of hydrogen-bond acceptors (Lipinski definition) is 8. The first kappa shape index (κ1) is 13.8. The van der Waals surface area contributed by atoms with Crippen molar-refractivity contribution in [2.24, 2.45) is 0 Å². The number of nitrogen functional groups attached to an aromatic ring is 1. The Kier molecular flexibility index (Phi) is 4.33. The minimum atomic E-state index is 0.138. The molecule has 19 heavy (non-hydrogen) atoms. The minimum Gasteiger partial charge on any atom is -0.374 e. The van der Waals surface area contributed by atoms with Crippen LogP contribution in [0.5, 0.6) is 0 Å². The van der Waals surface area contributed by atoms with Crippen molar-refractivity contribution < 1.29 is 4.74 Å². The van der Waals surface area contributed by atoms with Gasteiger partial charge in [-0.15, -0.1) is 0 Å². The van der Waals surface area contributed by atoms with Gasteiger partial charge < -0.3 is 25.6 Å². The summed E-state index contributed by atoms with van der Waals surface area (Å²) in [4.78, 5) is 16.4. The monoisotopic (exact) mass is 267 g/mol. The Hall–Kier alpha value is -1.67. The van der Waals surface area contributed by atoms with Crippen LogP contribution in [-0.2, 0) is 4.74 Å². The Bertz CT molecular complexity index is 426. The van der Waals surface area contributed by atoms with Gasteiger partial charge in [0.25, 0.3) is 0 Å². The zero-order chi connectivity index (χ0) is 13.8. The Balaban J connectivity index is 1.95. The molecule has 1 unspecified atom stereocenters. The molecule has 1 fully saturated rings. The van der Waals surface area contributed by atoms with Crippen molar-refractivity contribution in [3.05, 3.63) is 0 Å². The van der Waals surface area contributed by atoms with Crippen molar-refractivity contribution >= 4 is 17.8 Å². The molecule has 1 saturated heterocycles. The lowest BCUT2D eigenvalue weighted by Crippen LogP contribution is -2.43. The van der Waals surface area contributed by atoms with Crippen LogP contribution in [0.15, 0.2) is 0 Å². The van der Waals surface area contributed by atoms with E-state index in [4.69, 9.17) is 10.5 Å². The predicted molar refractivity (Wildman–Crippen MR) is 74.3 cm³/mol. The van der Waals surface area contributed by atoms with E-state index in [9.17, 15) is 0 Å². The highest BCUT2D eigenvalue weighted by Gasteiger charge is 2.18. The standard InChI is InChI=1S/C11H21N7O/c1-17(2)11-15-9(12)14-10(16-11)13-6-8-7-18(3)4-5-19-8/h8H,4-7H2,1-3H3,(H3,12,13,14,15,16). The van der Waals surface area contributed by atoms with Crippen LogP contribution >= 0.6 is 0 Å². The number of aromatic nitrogens is 3. The maximum absolute atomic E-state index is 5.66. The SMILES string of the molecule is CN1CCOC(CNc2nc(N)nc(N(C)C)n2)C1. The van der Waals surface area contributed by atoms with Crippen LogP contribution < -0.4 is 16.0 Å². The van der Waals surface area contributed by atoms with E-state index in [1.54, 1.807) is 4.90 Å². The number of ether oxygens (including phenoxy) is 1. The second-order valence-corrected chi connectivity index (χ2v) is 4.85. The van der Waals surface area contributed by atoms with Crippen LogP contribution in [0.4, 0.5) is 17.8 Å². The Labute approximate surface area is 113 Å². The summed E-state index contributed by atoms with van der Waals surface area (Å²) in [6, 6.07) is 0. The summed E-state index contributed by atoms with van der Waals surface area (Å²) in [5.74, 6) is 1.23. The lowest BCUT2D eigenvalue weighted by molar-refractivity contribution is -0.0117. The Morgan fingerprint density at radius 2 is 2.21 bits per heavy atom. The molecule has 0 spiro atoms. The molecule has 0 aromatic carbocycles. The van der Waals surface area contributed by atoms with Gasteiger partial charge in [0.1, 0.15) is 0 Å². The van der Waals surface area contributed by atoms with Gasteiger partial charge in [0.2, 0.25) is 17.8 Å². The largest absolute Gasteiger partial charge is 0.374 e. The molecule has 0 radical (unpaired) electrons. The molecule has 0 saturated carbocycles. The van der Waals surface area contributed by atoms with Gasteiger partial charge in [0.05, 0.1) is 12.7 Å². The number of nitrogens with one attached hydrogen (secondary N) is 1. The molecule has 1 aliphatic rings. The lowest BCUT2D eigenvalue weighted by atomic mass is 10.3. The molecule has 1 atom stereocenters. The van der Waals surface area contributed by atoms with Gasteiger partial charge in [-0.05, 0) is 7.05 Å². The third kappa shape index (κ3) is 3.90. The molecule has 3 N–H and O–H groups in total. The topological polar surface area (TPSA) is 92.4 Å². The fourth-order valence-electron chi connectivity index (χ4n) is 1.86. The van der Waals surface area contributed by atoms with E-state index in [1.807, 2.05) is 14.1 Å². The number of morpholine rings is 1. The molecular weight excluding hydrogens is 246 g/mol. The van der Waals surface area contributed by atoms with Crippen molar-refractivity contribution in [2.45, 2.75) is 6.10 Å². The van der Waals surface area contributed by atoms with E-state index in [0.29, 0.717) is 18.4 Å². The average molecular weight is 267 g/mol. The van der Waals surface area contributed by atoms with Gasteiger partial charge in [-0.25, -0.2) is 0 Å². The third-order valence-electron chi connectivity index (χ3n) is 2.87.